The third kappa shape index (κ3) is 4.43. The van der Waals surface area contributed by atoms with Crippen LogP contribution in [0.2, 0.25) is 0 Å². The number of carbonyl (C=O) groups is 1. The molecule has 0 saturated carbocycles. The molecule has 21 heavy (non-hydrogen) atoms. The van der Waals surface area contributed by atoms with Crippen LogP contribution in [0.4, 0.5) is 4.39 Å². The Hall–Kier alpha value is -1.62. The van der Waals surface area contributed by atoms with Gasteiger partial charge in [0.15, 0.2) is 0 Å². The lowest BCUT2D eigenvalue weighted by molar-refractivity contribution is -0.145. The van der Waals surface area contributed by atoms with E-state index in [9.17, 15) is 14.3 Å². The van der Waals surface area contributed by atoms with Crippen LogP contribution in [0, 0.1) is 11.7 Å². The van der Waals surface area contributed by atoms with Crippen LogP contribution < -0.4 is 4.74 Å². The molecule has 5 heteroatoms. The summed E-state index contributed by atoms with van der Waals surface area (Å²) in [5.41, 5.74) is 0. The number of carboxylic acid groups (broad SMARTS) is 1. The zero-order valence-corrected chi connectivity index (χ0v) is 12.3. The van der Waals surface area contributed by atoms with E-state index in [0.29, 0.717) is 31.2 Å². The van der Waals surface area contributed by atoms with Crippen LogP contribution in [-0.4, -0.2) is 41.7 Å². The number of nitrogens with zero attached hydrogens (tertiary/aromatic N) is 1. The minimum atomic E-state index is -0.755. The number of halogens is 1. The maximum atomic E-state index is 12.8. The summed E-state index contributed by atoms with van der Waals surface area (Å²) in [7, 11) is 0. The molecule has 2 atom stereocenters. The van der Waals surface area contributed by atoms with Crippen LogP contribution in [0.25, 0.3) is 0 Å². The van der Waals surface area contributed by atoms with Gasteiger partial charge < -0.3 is 9.84 Å². The second-order valence-corrected chi connectivity index (χ2v) is 5.49. The van der Waals surface area contributed by atoms with Crippen LogP contribution in [-0.2, 0) is 4.79 Å². The number of hydrogen-bond acceptors (Lipinski definition) is 3. The summed E-state index contributed by atoms with van der Waals surface area (Å²) >= 11 is 0. The van der Waals surface area contributed by atoms with Crippen molar-refractivity contribution in [2.45, 2.75) is 32.2 Å². The maximum absolute atomic E-state index is 12.8. The summed E-state index contributed by atoms with van der Waals surface area (Å²) in [6.45, 7) is 3.89. The first-order valence-corrected chi connectivity index (χ1v) is 7.45. The zero-order chi connectivity index (χ0) is 15.2. The predicted molar refractivity (Wildman–Crippen MR) is 77.9 cm³/mol. The molecule has 1 aromatic rings. The molecule has 1 aliphatic heterocycles. The topological polar surface area (TPSA) is 49.8 Å². The molecule has 0 radical (unpaired) electrons. The maximum Gasteiger partial charge on any atom is 0.320 e. The molecule has 1 aliphatic rings. The molecular formula is C16H22FNO3. The number of aliphatic carboxylic acids is 1. The van der Waals surface area contributed by atoms with E-state index in [2.05, 4.69) is 6.92 Å². The van der Waals surface area contributed by atoms with Crippen LogP contribution in [0.15, 0.2) is 24.3 Å². The van der Waals surface area contributed by atoms with Gasteiger partial charge in [-0.05, 0) is 49.6 Å². The molecule has 1 N–H and O–H groups in total. The number of carboxylic acids is 1. The van der Waals surface area contributed by atoms with Gasteiger partial charge in [-0.25, -0.2) is 4.39 Å². The average Bonchev–Trinajstić information content (AvgIpc) is 2.49. The molecule has 1 saturated heterocycles. The van der Waals surface area contributed by atoms with Crippen molar-refractivity contribution < 1.29 is 19.0 Å². The zero-order valence-electron chi connectivity index (χ0n) is 12.3. The van der Waals surface area contributed by atoms with Gasteiger partial charge in [0.1, 0.15) is 24.2 Å². The summed E-state index contributed by atoms with van der Waals surface area (Å²) in [5.74, 6) is 0.0527. The average molecular weight is 295 g/mol. The minimum absolute atomic E-state index is 0.296. The SMILES string of the molecule is CCC1CCN(CCOc2ccc(F)cc2)C(C(=O)O)C1. The number of ether oxygens (including phenoxy) is 1. The van der Waals surface area contributed by atoms with Crippen LogP contribution in [0.5, 0.6) is 5.75 Å². The Morgan fingerprint density at radius 3 is 2.76 bits per heavy atom. The highest BCUT2D eigenvalue weighted by Crippen LogP contribution is 2.25. The second-order valence-electron chi connectivity index (χ2n) is 5.49. The molecule has 0 bridgehead atoms. The molecule has 0 aliphatic carbocycles. The lowest BCUT2D eigenvalue weighted by Crippen LogP contribution is -2.48. The molecule has 1 fully saturated rings. The van der Waals surface area contributed by atoms with Crippen LogP contribution >= 0.6 is 0 Å². The Bertz CT molecular complexity index is 463. The second kappa shape index (κ2) is 7.41. The molecule has 1 aromatic carbocycles. The molecule has 0 spiro atoms. The largest absolute Gasteiger partial charge is 0.492 e. The highest BCUT2D eigenvalue weighted by molar-refractivity contribution is 5.73. The monoisotopic (exact) mass is 295 g/mol. The van der Waals surface area contributed by atoms with Gasteiger partial charge in [0.2, 0.25) is 0 Å². The van der Waals surface area contributed by atoms with Crippen molar-refractivity contribution in [2.24, 2.45) is 5.92 Å². The summed E-state index contributed by atoms with van der Waals surface area (Å²) in [6, 6.07) is 5.44. The van der Waals surface area contributed by atoms with Crippen molar-refractivity contribution in [1.29, 1.82) is 0 Å². The number of likely N-dealkylation sites (tertiary alicyclic amines) is 1. The van der Waals surface area contributed by atoms with E-state index in [1.807, 2.05) is 4.90 Å². The Morgan fingerprint density at radius 1 is 1.43 bits per heavy atom. The van der Waals surface area contributed by atoms with E-state index in [0.717, 1.165) is 19.4 Å². The first-order valence-electron chi connectivity index (χ1n) is 7.45. The van der Waals surface area contributed by atoms with E-state index >= 15 is 0 Å². The van der Waals surface area contributed by atoms with Crippen LogP contribution in [0.1, 0.15) is 26.2 Å². The van der Waals surface area contributed by atoms with Crippen LogP contribution in [0.3, 0.4) is 0 Å². The van der Waals surface area contributed by atoms with Crippen molar-refractivity contribution in [3.05, 3.63) is 30.1 Å². The van der Waals surface area contributed by atoms with Gasteiger partial charge in [-0.3, -0.25) is 9.69 Å². The number of piperidine rings is 1. The fourth-order valence-electron chi connectivity index (χ4n) is 2.79. The molecule has 0 aromatic heterocycles. The van der Waals surface area contributed by atoms with E-state index in [4.69, 9.17) is 4.74 Å². The van der Waals surface area contributed by atoms with Crippen molar-refractivity contribution in [2.75, 3.05) is 19.7 Å². The van der Waals surface area contributed by atoms with Gasteiger partial charge in [0.25, 0.3) is 0 Å². The highest BCUT2D eigenvalue weighted by atomic mass is 19.1. The Labute approximate surface area is 124 Å². The fourth-order valence-corrected chi connectivity index (χ4v) is 2.79. The van der Waals surface area contributed by atoms with E-state index in [-0.39, 0.29) is 5.82 Å². The molecule has 4 nitrogen and oxygen atoms in total. The quantitative estimate of drug-likeness (QED) is 0.876. The molecule has 2 unspecified atom stereocenters. The third-order valence-electron chi connectivity index (χ3n) is 4.15. The standard InChI is InChI=1S/C16H22FNO3/c1-2-12-7-8-18(15(11-12)16(19)20)9-10-21-14-5-3-13(17)4-6-14/h3-6,12,15H,2,7-11H2,1H3,(H,19,20). The third-order valence-corrected chi connectivity index (χ3v) is 4.15. The van der Waals surface area contributed by atoms with Gasteiger partial charge >= 0.3 is 5.97 Å². The lowest BCUT2D eigenvalue weighted by Gasteiger charge is -2.36. The molecule has 2 rings (SSSR count). The highest BCUT2D eigenvalue weighted by Gasteiger charge is 2.32. The molecule has 116 valence electrons. The van der Waals surface area contributed by atoms with Crippen molar-refractivity contribution in [3.8, 4) is 5.75 Å². The van der Waals surface area contributed by atoms with E-state index in [1.54, 1.807) is 12.1 Å². The lowest BCUT2D eigenvalue weighted by atomic mass is 9.89. The Balaban J connectivity index is 1.83. The van der Waals surface area contributed by atoms with Gasteiger partial charge in [-0.1, -0.05) is 13.3 Å². The molecular weight excluding hydrogens is 273 g/mol. The van der Waals surface area contributed by atoms with Gasteiger partial charge in [0, 0.05) is 6.54 Å². The van der Waals surface area contributed by atoms with Crippen molar-refractivity contribution in [1.82, 2.24) is 4.90 Å². The summed E-state index contributed by atoms with van der Waals surface area (Å²) in [4.78, 5) is 13.3. The summed E-state index contributed by atoms with van der Waals surface area (Å²) < 4.78 is 18.3. The van der Waals surface area contributed by atoms with Gasteiger partial charge in [-0.2, -0.15) is 0 Å². The van der Waals surface area contributed by atoms with Crippen molar-refractivity contribution >= 4 is 5.97 Å². The molecule has 0 amide bonds. The smallest absolute Gasteiger partial charge is 0.320 e. The predicted octanol–water partition coefficient (Wildman–Crippen LogP) is 2.78. The summed E-state index contributed by atoms with van der Waals surface area (Å²) in [5, 5.41) is 9.34. The number of rotatable bonds is 6. The van der Waals surface area contributed by atoms with Gasteiger partial charge in [0.05, 0.1) is 0 Å². The Kier molecular flexibility index (Phi) is 5.56. The summed E-state index contributed by atoms with van der Waals surface area (Å²) in [6.07, 6.45) is 2.78. The normalized spacial score (nSPS) is 23.0. The van der Waals surface area contributed by atoms with Gasteiger partial charge in [-0.15, -0.1) is 0 Å². The number of benzene rings is 1. The minimum Gasteiger partial charge on any atom is -0.492 e. The Morgan fingerprint density at radius 2 is 2.14 bits per heavy atom. The first kappa shape index (κ1) is 15.8. The fraction of sp³-hybridized carbons (Fsp3) is 0.562. The first-order chi connectivity index (χ1) is 10.1. The van der Waals surface area contributed by atoms with E-state index < -0.39 is 12.0 Å². The molecule has 1 heterocycles. The van der Waals surface area contributed by atoms with Crippen molar-refractivity contribution in [3.63, 3.8) is 0 Å². The van der Waals surface area contributed by atoms with E-state index in [1.165, 1.54) is 12.1 Å². The number of hydrogen-bond donors (Lipinski definition) is 1.